The number of aromatic nitrogens is 2. The second-order valence-corrected chi connectivity index (χ2v) is 7.00. The molecule has 1 aromatic carbocycles. The number of fused-ring (bicyclic) bond motifs is 2. The summed E-state index contributed by atoms with van der Waals surface area (Å²) in [4.78, 5) is 35.1. The van der Waals surface area contributed by atoms with E-state index in [9.17, 15) is 14.7 Å². The van der Waals surface area contributed by atoms with Crippen LogP contribution in [0.25, 0.3) is 0 Å². The zero-order valence-corrected chi connectivity index (χ0v) is 15.8. The van der Waals surface area contributed by atoms with Crippen molar-refractivity contribution in [2.75, 3.05) is 10.2 Å². The van der Waals surface area contributed by atoms with Gasteiger partial charge in [0.05, 0.1) is 11.4 Å². The molecule has 3 aromatic rings. The molecule has 2 aromatic heterocycles. The number of pyridine rings is 2. The SMILES string of the molecule is CC(C)(O)C(=O)Nc1ccc2c(c1)Oc1ncccc1C(=O)N2c1ccncc1. The second kappa shape index (κ2) is 6.99. The van der Waals surface area contributed by atoms with Crippen molar-refractivity contribution in [3.8, 4) is 11.6 Å². The molecular weight excluding hydrogens is 372 g/mol. The first kappa shape index (κ1) is 18.6. The normalized spacial score (nSPS) is 13.1. The summed E-state index contributed by atoms with van der Waals surface area (Å²) in [6.45, 7) is 2.79. The Labute approximate surface area is 166 Å². The fourth-order valence-electron chi connectivity index (χ4n) is 2.86. The van der Waals surface area contributed by atoms with Gasteiger partial charge in [0.15, 0.2) is 5.75 Å². The number of benzene rings is 1. The first-order valence-corrected chi connectivity index (χ1v) is 8.90. The number of nitrogens with zero attached hydrogens (tertiary/aromatic N) is 3. The van der Waals surface area contributed by atoms with Crippen LogP contribution >= 0.6 is 0 Å². The minimum absolute atomic E-state index is 0.168. The molecule has 4 rings (SSSR count). The van der Waals surface area contributed by atoms with Crippen molar-refractivity contribution in [3.05, 3.63) is 66.6 Å². The van der Waals surface area contributed by atoms with Crippen LogP contribution in [0.3, 0.4) is 0 Å². The summed E-state index contributed by atoms with van der Waals surface area (Å²) in [5, 5.41) is 12.5. The Bertz CT molecular complexity index is 1090. The van der Waals surface area contributed by atoms with Crippen molar-refractivity contribution in [2.45, 2.75) is 19.4 Å². The lowest BCUT2D eigenvalue weighted by molar-refractivity contribution is -0.130. The maximum atomic E-state index is 13.3. The Morgan fingerprint density at radius 3 is 2.62 bits per heavy atom. The van der Waals surface area contributed by atoms with E-state index in [1.165, 1.54) is 24.9 Å². The fraction of sp³-hybridized carbons (Fsp3) is 0.143. The highest BCUT2D eigenvalue weighted by molar-refractivity contribution is 6.13. The van der Waals surface area contributed by atoms with Crippen LogP contribution in [0, 0.1) is 0 Å². The standard InChI is InChI=1S/C21H18N4O4/c1-21(2,28)20(27)24-13-5-6-16-17(12-13)29-18-15(4-3-9-23-18)19(26)25(16)14-7-10-22-11-8-14/h3-12,28H,1-2H3,(H,24,27). The molecule has 0 spiro atoms. The van der Waals surface area contributed by atoms with Crippen LogP contribution in [-0.4, -0.2) is 32.5 Å². The third-order valence-electron chi connectivity index (χ3n) is 4.35. The van der Waals surface area contributed by atoms with Gasteiger partial charge in [-0.25, -0.2) is 4.98 Å². The lowest BCUT2D eigenvalue weighted by Crippen LogP contribution is -2.36. The Morgan fingerprint density at radius 1 is 1.14 bits per heavy atom. The van der Waals surface area contributed by atoms with E-state index in [2.05, 4.69) is 15.3 Å². The highest BCUT2D eigenvalue weighted by Crippen LogP contribution is 2.42. The molecular formula is C21H18N4O4. The van der Waals surface area contributed by atoms with Gasteiger partial charge < -0.3 is 15.2 Å². The maximum absolute atomic E-state index is 13.3. The lowest BCUT2D eigenvalue weighted by atomic mass is 10.1. The molecule has 8 nitrogen and oxygen atoms in total. The number of carbonyl (C=O) groups is 2. The van der Waals surface area contributed by atoms with Crippen LogP contribution in [0.2, 0.25) is 0 Å². The van der Waals surface area contributed by atoms with Gasteiger partial charge in [0.2, 0.25) is 5.88 Å². The molecule has 2 amide bonds. The van der Waals surface area contributed by atoms with Gasteiger partial charge in [-0.05, 0) is 50.2 Å². The molecule has 0 fully saturated rings. The van der Waals surface area contributed by atoms with E-state index in [0.717, 1.165) is 0 Å². The van der Waals surface area contributed by atoms with Crippen molar-refractivity contribution in [1.29, 1.82) is 0 Å². The Hall–Kier alpha value is -3.78. The van der Waals surface area contributed by atoms with Crippen LogP contribution in [0.5, 0.6) is 11.6 Å². The lowest BCUT2D eigenvalue weighted by Gasteiger charge is -2.23. The number of ether oxygens (including phenoxy) is 1. The van der Waals surface area contributed by atoms with Crippen LogP contribution in [0.15, 0.2) is 61.1 Å². The zero-order chi connectivity index (χ0) is 20.6. The number of hydrogen-bond donors (Lipinski definition) is 2. The second-order valence-electron chi connectivity index (χ2n) is 7.00. The third-order valence-corrected chi connectivity index (χ3v) is 4.35. The third kappa shape index (κ3) is 3.53. The Kier molecular flexibility index (Phi) is 4.48. The number of nitrogens with one attached hydrogen (secondary N) is 1. The molecule has 0 aliphatic carbocycles. The maximum Gasteiger partial charge on any atom is 0.268 e. The van der Waals surface area contributed by atoms with E-state index >= 15 is 0 Å². The predicted molar refractivity (Wildman–Crippen MR) is 106 cm³/mol. The van der Waals surface area contributed by atoms with Crippen molar-refractivity contribution in [2.24, 2.45) is 0 Å². The average Bonchev–Trinajstić information content (AvgIpc) is 2.81. The van der Waals surface area contributed by atoms with E-state index in [0.29, 0.717) is 28.4 Å². The molecule has 0 saturated carbocycles. The monoisotopic (exact) mass is 390 g/mol. The van der Waals surface area contributed by atoms with Crippen molar-refractivity contribution in [3.63, 3.8) is 0 Å². The molecule has 8 heteroatoms. The van der Waals surface area contributed by atoms with E-state index in [4.69, 9.17) is 4.74 Å². The van der Waals surface area contributed by atoms with Gasteiger partial charge in [-0.15, -0.1) is 0 Å². The quantitative estimate of drug-likeness (QED) is 0.711. The highest BCUT2D eigenvalue weighted by atomic mass is 16.5. The minimum Gasteiger partial charge on any atom is -0.436 e. The van der Waals surface area contributed by atoms with Gasteiger partial charge in [0.1, 0.15) is 11.2 Å². The summed E-state index contributed by atoms with van der Waals surface area (Å²) in [5.41, 5.74) is 0.279. The number of carbonyl (C=O) groups excluding carboxylic acids is 2. The molecule has 0 atom stereocenters. The summed E-state index contributed by atoms with van der Waals surface area (Å²) in [7, 11) is 0. The topological polar surface area (TPSA) is 105 Å². The summed E-state index contributed by atoms with van der Waals surface area (Å²) >= 11 is 0. The molecule has 1 aliphatic rings. The highest BCUT2D eigenvalue weighted by Gasteiger charge is 2.31. The van der Waals surface area contributed by atoms with Crippen molar-refractivity contribution >= 4 is 28.9 Å². The van der Waals surface area contributed by atoms with Gasteiger partial charge >= 0.3 is 0 Å². The molecule has 29 heavy (non-hydrogen) atoms. The number of hydrogen-bond acceptors (Lipinski definition) is 6. The van der Waals surface area contributed by atoms with Gasteiger partial charge in [-0.2, -0.15) is 0 Å². The number of rotatable bonds is 3. The smallest absolute Gasteiger partial charge is 0.268 e. The first-order valence-electron chi connectivity index (χ1n) is 8.90. The molecule has 1 aliphatic heterocycles. The van der Waals surface area contributed by atoms with Crippen molar-refractivity contribution in [1.82, 2.24) is 9.97 Å². The van der Waals surface area contributed by atoms with E-state index < -0.39 is 11.5 Å². The minimum atomic E-state index is -1.54. The van der Waals surface area contributed by atoms with Gasteiger partial charge in [-0.1, -0.05) is 0 Å². The first-order chi connectivity index (χ1) is 13.8. The molecule has 0 bridgehead atoms. The number of amides is 2. The summed E-state index contributed by atoms with van der Waals surface area (Å²) in [5.74, 6) is -0.361. The molecule has 0 radical (unpaired) electrons. The Balaban J connectivity index is 1.84. The van der Waals surface area contributed by atoms with Crippen LogP contribution in [0.4, 0.5) is 17.1 Å². The average molecular weight is 390 g/mol. The van der Waals surface area contributed by atoms with Gasteiger partial charge in [-0.3, -0.25) is 19.5 Å². The number of anilines is 3. The molecule has 0 saturated heterocycles. The van der Waals surface area contributed by atoms with Crippen LogP contribution in [0.1, 0.15) is 24.2 Å². The van der Waals surface area contributed by atoms with Crippen LogP contribution in [-0.2, 0) is 4.79 Å². The van der Waals surface area contributed by atoms with Gasteiger partial charge in [0.25, 0.3) is 11.8 Å². The zero-order valence-electron chi connectivity index (χ0n) is 15.8. The predicted octanol–water partition coefficient (Wildman–Crippen LogP) is 3.27. The van der Waals surface area contributed by atoms with E-state index in [-0.39, 0.29) is 11.8 Å². The molecule has 146 valence electrons. The van der Waals surface area contributed by atoms with Crippen LogP contribution < -0.4 is 15.0 Å². The number of aliphatic hydroxyl groups is 1. The molecule has 2 N–H and O–H groups in total. The van der Waals surface area contributed by atoms with E-state index in [1.54, 1.807) is 54.9 Å². The summed E-state index contributed by atoms with van der Waals surface area (Å²) in [6, 6.07) is 11.6. The largest absolute Gasteiger partial charge is 0.436 e. The van der Waals surface area contributed by atoms with Crippen molar-refractivity contribution < 1.29 is 19.4 Å². The molecule has 3 heterocycles. The fourth-order valence-corrected chi connectivity index (χ4v) is 2.86. The molecule has 0 unspecified atom stereocenters. The summed E-state index contributed by atoms with van der Waals surface area (Å²) < 4.78 is 5.93. The van der Waals surface area contributed by atoms with E-state index in [1.807, 2.05) is 0 Å². The summed E-state index contributed by atoms with van der Waals surface area (Å²) in [6.07, 6.45) is 4.72. The van der Waals surface area contributed by atoms with Gasteiger partial charge in [0, 0.05) is 30.3 Å². The Morgan fingerprint density at radius 2 is 1.90 bits per heavy atom.